The molecule has 1 aromatic rings. The summed E-state index contributed by atoms with van der Waals surface area (Å²) < 4.78 is 5.47. The van der Waals surface area contributed by atoms with Gasteiger partial charge in [0.15, 0.2) is 12.1 Å². The van der Waals surface area contributed by atoms with E-state index in [9.17, 15) is 4.79 Å². The lowest BCUT2D eigenvalue weighted by Crippen LogP contribution is -2.25. The van der Waals surface area contributed by atoms with Crippen molar-refractivity contribution < 1.29 is 9.53 Å². The fraction of sp³-hybridized carbons (Fsp3) is 0.500. The van der Waals surface area contributed by atoms with Crippen LogP contribution in [0.2, 0.25) is 0 Å². The molecule has 0 saturated carbocycles. The van der Waals surface area contributed by atoms with E-state index in [0.29, 0.717) is 24.4 Å². The van der Waals surface area contributed by atoms with E-state index in [1.165, 1.54) is 0 Å². The van der Waals surface area contributed by atoms with Crippen LogP contribution in [0.1, 0.15) is 37.1 Å². The highest BCUT2D eigenvalue weighted by Gasteiger charge is 2.23. The van der Waals surface area contributed by atoms with Crippen molar-refractivity contribution >= 4 is 6.29 Å². The van der Waals surface area contributed by atoms with Gasteiger partial charge in [0.1, 0.15) is 11.3 Å². The van der Waals surface area contributed by atoms with Crippen LogP contribution >= 0.6 is 0 Å². The number of aldehydes is 1. The zero-order valence-corrected chi connectivity index (χ0v) is 8.65. The summed E-state index contributed by atoms with van der Waals surface area (Å²) in [7, 11) is 0. The summed E-state index contributed by atoms with van der Waals surface area (Å²) in [5.41, 5.74) is -0.170. The van der Waals surface area contributed by atoms with Crippen molar-refractivity contribution in [1.29, 1.82) is 0 Å². The average Bonchev–Trinajstić information content (AvgIpc) is 2.18. The van der Waals surface area contributed by atoms with Crippen LogP contribution in [0.25, 0.3) is 0 Å². The third-order valence-electron chi connectivity index (χ3n) is 1.84. The number of hydrogen-bond donors (Lipinski definition) is 0. The predicted octanol–water partition coefficient (Wildman–Crippen LogP) is 1.56. The second kappa shape index (κ2) is 4.28. The van der Waals surface area contributed by atoms with E-state index in [4.69, 9.17) is 4.74 Å². The summed E-state index contributed by atoms with van der Waals surface area (Å²) in [5.74, 6) is 0.531. The fourth-order valence-electron chi connectivity index (χ4n) is 1.15. The van der Waals surface area contributed by atoms with Gasteiger partial charge in [0.2, 0.25) is 0 Å². The molecular formula is C10H14N2O2. The van der Waals surface area contributed by atoms with E-state index < -0.39 is 5.60 Å². The van der Waals surface area contributed by atoms with E-state index >= 15 is 0 Å². The van der Waals surface area contributed by atoms with Gasteiger partial charge >= 0.3 is 0 Å². The van der Waals surface area contributed by atoms with Gasteiger partial charge < -0.3 is 4.74 Å². The Morgan fingerprint density at radius 3 is 2.86 bits per heavy atom. The first-order valence-corrected chi connectivity index (χ1v) is 4.53. The van der Waals surface area contributed by atoms with Crippen LogP contribution in [0, 0.1) is 0 Å². The Balaban J connectivity index is 2.99. The van der Waals surface area contributed by atoms with E-state index in [0.717, 1.165) is 0 Å². The number of ether oxygens (including phenoxy) is 1. The quantitative estimate of drug-likeness (QED) is 0.682. The highest BCUT2D eigenvalue weighted by molar-refractivity contribution is 5.71. The van der Waals surface area contributed by atoms with Gasteiger partial charge in [0, 0.05) is 12.8 Å². The van der Waals surface area contributed by atoms with Gasteiger partial charge in [-0.25, -0.2) is 9.97 Å². The van der Waals surface area contributed by atoms with Crippen LogP contribution in [-0.2, 0) is 10.3 Å². The lowest BCUT2D eigenvalue weighted by atomic mass is 10.1. The van der Waals surface area contributed by atoms with Gasteiger partial charge in [-0.15, -0.1) is 0 Å². The molecule has 1 aromatic heterocycles. The van der Waals surface area contributed by atoms with Gasteiger partial charge in [-0.3, -0.25) is 4.79 Å². The Labute approximate surface area is 83.3 Å². The second-order valence-electron chi connectivity index (χ2n) is 3.37. The molecule has 0 aliphatic carbocycles. The van der Waals surface area contributed by atoms with Gasteiger partial charge in [-0.2, -0.15) is 0 Å². The second-order valence-corrected chi connectivity index (χ2v) is 3.37. The number of hydrogen-bond acceptors (Lipinski definition) is 4. The fourth-order valence-corrected chi connectivity index (χ4v) is 1.15. The summed E-state index contributed by atoms with van der Waals surface area (Å²) in [4.78, 5) is 18.7. The van der Waals surface area contributed by atoms with E-state index in [1.54, 1.807) is 12.3 Å². The molecule has 0 bridgehead atoms. The molecule has 14 heavy (non-hydrogen) atoms. The Morgan fingerprint density at radius 1 is 1.57 bits per heavy atom. The maximum absolute atomic E-state index is 10.5. The van der Waals surface area contributed by atoms with Crippen LogP contribution < -0.4 is 0 Å². The van der Waals surface area contributed by atoms with Gasteiger partial charge in [-0.05, 0) is 26.8 Å². The summed E-state index contributed by atoms with van der Waals surface area (Å²) in [6, 6.07) is 1.57. The molecule has 0 amide bonds. The zero-order chi connectivity index (χ0) is 10.6. The molecule has 0 saturated heterocycles. The number of carbonyl (C=O) groups is 1. The van der Waals surface area contributed by atoms with Crippen LogP contribution in [-0.4, -0.2) is 22.9 Å². The molecule has 0 unspecified atom stereocenters. The molecule has 0 N–H and O–H groups in total. The van der Waals surface area contributed by atoms with Gasteiger partial charge in [-0.1, -0.05) is 0 Å². The molecule has 1 heterocycles. The first-order valence-electron chi connectivity index (χ1n) is 4.53. The predicted molar refractivity (Wildman–Crippen MR) is 52.1 cm³/mol. The van der Waals surface area contributed by atoms with E-state index in [2.05, 4.69) is 9.97 Å². The Kier molecular flexibility index (Phi) is 3.30. The van der Waals surface area contributed by atoms with Crippen molar-refractivity contribution in [3.8, 4) is 0 Å². The minimum absolute atomic E-state index is 0.378. The lowest BCUT2D eigenvalue weighted by Gasteiger charge is -2.22. The first kappa shape index (κ1) is 10.8. The molecule has 4 heteroatoms. The van der Waals surface area contributed by atoms with Crippen LogP contribution in [0.5, 0.6) is 0 Å². The minimum atomic E-state index is -0.548. The summed E-state index contributed by atoms with van der Waals surface area (Å²) >= 11 is 0. The standard InChI is InChI=1S/C10H14N2O2/c1-4-14-10(2,3)9-11-6-5-8(7-13)12-9/h5-7H,4H2,1-3H3. The largest absolute Gasteiger partial charge is 0.368 e. The van der Waals surface area contributed by atoms with Gasteiger partial charge in [0.25, 0.3) is 0 Å². The monoisotopic (exact) mass is 194 g/mol. The maximum Gasteiger partial charge on any atom is 0.168 e. The minimum Gasteiger partial charge on any atom is -0.368 e. The van der Waals surface area contributed by atoms with Crippen molar-refractivity contribution in [3.05, 3.63) is 23.8 Å². The van der Waals surface area contributed by atoms with Crippen molar-refractivity contribution in [3.63, 3.8) is 0 Å². The third-order valence-corrected chi connectivity index (χ3v) is 1.84. The molecular weight excluding hydrogens is 180 g/mol. The van der Waals surface area contributed by atoms with Crippen molar-refractivity contribution in [2.45, 2.75) is 26.4 Å². The van der Waals surface area contributed by atoms with Crippen LogP contribution in [0.15, 0.2) is 12.3 Å². The Morgan fingerprint density at radius 2 is 2.29 bits per heavy atom. The normalized spacial score (nSPS) is 11.4. The number of rotatable bonds is 4. The molecule has 0 aromatic carbocycles. The SMILES string of the molecule is CCOC(C)(C)c1nccc(C=O)n1. The van der Waals surface area contributed by atoms with Crippen LogP contribution in [0.3, 0.4) is 0 Å². The lowest BCUT2D eigenvalue weighted by molar-refractivity contribution is -0.0208. The van der Waals surface area contributed by atoms with Crippen molar-refractivity contribution in [1.82, 2.24) is 9.97 Å². The molecule has 0 spiro atoms. The topological polar surface area (TPSA) is 52.1 Å². The molecule has 0 atom stereocenters. The molecule has 76 valence electrons. The zero-order valence-electron chi connectivity index (χ0n) is 8.65. The highest BCUT2D eigenvalue weighted by atomic mass is 16.5. The first-order chi connectivity index (χ1) is 6.60. The average molecular weight is 194 g/mol. The van der Waals surface area contributed by atoms with E-state index in [1.807, 2.05) is 20.8 Å². The molecule has 0 radical (unpaired) electrons. The summed E-state index contributed by atoms with van der Waals surface area (Å²) in [6.07, 6.45) is 2.26. The molecule has 1 rings (SSSR count). The molecule has 0 aliphatic rings. The smallest absolute Gasteiger partial charge is 0.168 e. The highest BCUT2D eigenvalue weighted by Crippen LogP contribution is 2.20. The van der Waals surface area contributed by atoms with Crippen LogP contribution in [0.4, 0.5) is 0 Å². The summed E-state index contributed by atoms with van der Waals surface area (Å²) in [5, 5.41) is 0. The third kappa shape index (κ3) is 2.35. The Bertz CT molecular complexity index is 324. The summed E-state index contributed by atoms with van der Waals surface area (Å²) in [6.45, 7) is 6.24. The molecule has 0 fully saturated rings. The Hall–Kier alpha value is -1.29. The van der Waals surface area contributed by atoms with Crippen molar-refractivity contribution in [2.75, 3.05) is 6.61 Å². The maximum atomic E-state index is 10.5. The van der Waals surface area contributed by atoms with E-state index in [-0.39, 0.29) is 0 Å². The molecule has 4 nitrogen and oxygen atoms in total. The molecule has 0 aliphatic heterocycles. The number of aromatic nitrogens is 2. The van der Waals surface area contributed by atoms with Gasteiger partial charge in [0.05, 0.1) is 0 Å². The number of nitrogens with zero attached hydrogens (tertiary/aromatic N) is 2. The number of carbonyl (C=O) groups excluding carboxylic acids is 1. The van der Waals surface area contributed by atoms with Crippen molar-refractivity contribution in [2.24, 2.45) is 0 Å².